The van der Waals surface area contributed by atoms with Crippen molar-refractivity contribution in [2.75, 3.05) is 5.32 Å². The van der Waals surface area contributed by atoms with Gasteiger partial charge in [0.05, 0.1) is 6.33 Å². The molecule has 36 heavy (non-hydrogen) atoms. The van der Waals surface area contributed by atoms with Crippen molar-refractivity contribution in [3.05, 3.63) is 84.9 Å². The van der Waals surface area contributed by atoms with Crippen molar-refractivity contribution in [2.24, 2.45) is 5.92 Å². The molecule has 9 nitrogen and oxygen atoms in total. The van der Waals surface area contributed by atoms with Gasteiger partial charge in [-0.15, -0.1) is 0 Å². The van der Waals surface area contributed by atoms with E-state index in [0.717, 1.165) is 23.0 Å². The van der Waals surface area contributed by atoms with Gasteiger partial charge >= 0.3 is 6.03 Å². The highest BCUT2D eigenvalue weighted by atomic mass is 16.5. The maximum absolute atomic E-state index is 12.5. The molecule has 3 aromatic carbocycles. The molecule has 0 unspecified atom stereocenters. The van der Waals surface area contributed by atoms with Gasteiger partial charge in [-0.1, -0.05) is 30.3 Å². The Kier molecular flexibility index (Phi) is 5.49. The lowest BCUT2D eigenvalue weighted by Crippen LogP contribution is -2.34. The second kappa shape index (κ2) is 9.10. The van der Waals surface area contributed by atoms with Crippen LogP contribution in [0.25, 0.3) is 21.9 Å². The van der Waals surface area contributed by atoms with E-state index in [4.69, 9.17) is 4.74 Å². The minimum absolute atomic E-state index is 0.369. The average Bonchev–Trinajstić information content (AvgIpc) is 3.62. The molecule has 5 aromatic rings. The molecule has 0 radical (unpaired) electrons. The molecular weight excluding hydrogens is 456 g/mol. The number of anilines is 1. The maximum atomic E-state index is 12.5. The lowest BCUT2D eigenvalue weighted by Gasteiger charge is -2.09. The lowest BCUT2D eigenvalue weighted by atomic mass is 10.1. The largest absolute Gasteiger partial charge is 0.437 e. The zero-order valence-corrected chi connectivity index (χ0v) is 19.2. The van der Waals surface area contributed by atoms with Crippen molar-refractivity contribution >= 4 is 39.6 Å². The number of imide groups is 1. The average molecular weight is 479 g/mol. The maximum Gasteiger partial charge on any atom is 0.326 e. The number of nitrogens with zero attached hydrogens (tertiary/aromatic N) is 4. The molecule has 1 aliphatic carbocycles. The van der Waals surface area contributed by atoms with E-state index < -0.39 is 11.9 Å². The molecule has 0 bridgehead atoms. The number of ether oxygens (including phenoxy) is 1. The van der Waals surface area contributed by atoms with Crippen molar-refractivity contribution in [1.29, 1.82) is 0 Å². The summed E-state index contributed by atoms with van der Waals surface area (Å²) in [7, 11) is 0. The molecule has 9 heteroatoms. The fraction of sp³-hybridized carbons (Fsp3) is 0.148. The number of hydrogen-bond donors (Lipinski definition) is 2. The number of imidazole rings is 1. The van der Waals surface area contributed by atoms with Crippen LogP contribution in [0.4, 0.5) is 10.5 Å². The Morgan fingerprint density at radius 1 is 0.944 bits per heavy atom. The van der Waals surface area contributed by atoms with Crippen molar-refractivity contribution in [1.82, 2.24) is 24.8 Å². The number of urea groups is 1. The van der Waals surface area contributed by atoms with Gasteiger partial charge in [-0.3, -0.25) is 10.1 Å². The van der Waals surface area contributed by atoms with Gasteiger partial charge < -0.3 is 14.6 Å². The van der Waals surface area contributed by atoms with Crippen LogP contribution in [0.1, 0.15) is 23.2 Å². The fourth-order valence-corrected chi connectivity index (χ4v) is 4.03. The Labute approximate surface area is 206 Å². The molecule has 3 amide bonds. The van der Waals surface area contributed by atoms with E-state index in [9.17, 15) is 9.59 Å². The highest BCUT2D eigenvalue weighted by molar-refractivity contribution is 6.09. The minimum atomic E-state index is -0.625. The highest BCUT2D eigenvalue weighted by Crippen LogP contribution is 2.32. The molecule has 0 atom stereocenters. The summed E-state index contributed by atoms with van der Waals surface area (Å²) in [5.74, 6) is 1.12. The molecule has 0 saturated heterocycles. The first-order valence-electron chi connectivity index (χ1n) is 11.7. The van der Waals surface area contributed by atoms with Gasteiger partial charge in [-0.2, -0.15) is 4.98 Å². The van der Waals surface area contributed by atoms with E-state index in [1.54, 1.807) is 42.7 Å². The van der Waals surface area contributed by atoms with E-state index in [1.165, 1.54) is 19.2 Å². The first-order valence-corrected chi connectivity index (χ1v) is 11.7. The van der Waals surface area contributed by atoms with Crippen LogP contribution in [0.15, 0.2) is 79.4 Å². The normalized spacial score (nSPS) is 13.0. The van der Waals surface area contributed by atoms with E-state index in [2.05, 4.69) is 25.6 Å². The number of nitrogens with one attached hydrogen (secondary N) is 2. The molecule has 2 aromatic heterocycles. The van der Waals surface area contributed by atoms with Gasteiger partial charge in [0.25, 0.3) is 11.8 Å². The van der Waals surface area contributed by atoms with Crippen LogP contribution in [0.5, 0.6) is 11.6 Å². The summed E-state index contributed by atoms with van der Waals surface area (Å²) in [6.07, 6.45) is 5.72. The number of carbonyl (C=O) groups excluding carboxylic acids is 2. The van der Waals surface area contributed by atoms with Crippen LogP contribution < -0.4 is 15.4 Å². The van der Waals surface area contributed by atoms with Crippen LogP contribution in [0, 0.1) is 5.92 Å². The monoisotopic (exact) mass is 478 g/mol. The van der Waals surface area contributed by atoms with E-state index in [1.807, 2.05) is 34.9 Å². The zero-order valence-electron chi connectivity index (χ0n) is 19.2. The summed E-state index contributed by atoms with van der Waals surface area (Å²) in [5, 5.41) is 6.97. The molecule has 2 N–H and O–H groups in total. The summed E-state index contributed by atoms with van der Waals surface area (Å²) in [4.78, 5) is 37.9. The SMILES string of the molecule is O=C(NC(=O)c1ccc2ccccc2c1)Nc1ccc(Oc2ncnc3c2ncn3CC2CC2)cc1. The second-order valence-corrected chi connectivity index (χ2v) is 8.79. The first kappa shape index (κ1) is 21.7. The molecule has 178 valence electrons. The van der Waals surface area contributed by atoms with Crippen LogP contribution in [0.3, 0.4) is 0 Å². The van der Waals surface area contributed by atoms with Crippen LogP contribution >= 0.6 is 0 Å². The summed E-state index contributed by atoms with van der Waals surface area (Å²) in [6, 6.07) is 19.2. The Balaban J connectivity index is 1.09. The molecular formula is C27H22N6O3. The van der Waals surface area contributed by atoms with Crippen LogP contribution in [-0.4, -0.2) is 31.5 Å². The Bertz CT molecular complexity index is 1590. The molecule has 2 heterocycles. The van der Waals surface area contributed by atoms with Gasteiger partial charge in [0.1, 0.15) is 12.1 Å². The fourth-order valence-electron chi connectivity index (χ4n) is 4.03. The van der Waals surface area contributed by atoms with Crippen LogP contribution in [0.2, 0.25) is 0 Å². The summed E-state index contributed by atoms with van der Waals surface area (Å²) >= 11 is 0. The van der Waals surface area contributed by atoms with Gasteiger partial charge in [0.2, 0.25) is 0 Å². The Morgan fingerprint density at radius 3 is 2.56 bits per heavy atom. The molecule has 1 fully saturated rings. The van der Waals surface area contributed by atoms with Gasteiger partial charge in [-0.05, 0) is 65.9 Å². The number of rotatable bonds is 6. The number of benzene rings is 3. The lowest BCUT2D eigenvalue weighted by molar-refractivity contribution is 0.0967. The van der Waals surface area contributed by atoms with Crippen molar-refractivity contribution in [3.63, 3.8) is 0 Å². The summed E-state index contributed by atoms with van der Waals surface area (Å²) < 4.78 is 7.97. The Hall–Kier alpha value is -4.79. The number of hydrogen-bond acceptors (Lipinski definition) is 6. The third kappa shape index (κ3) is 4.58. The quantitative estimate of drug-likeness (QED) is 0.349. The predicted octanol–water partition coefficient (Wildman–Crippen LogP) is 5.14. The third-order valence-corrected chi connectivity index (χ3v) is 6.08. The predicted molar refractivity (Wildman–Crippen MR) is 135 cm³/mol. The molecule has 1 saturated carbocycles. The smallest absolute Gasteiger partial charge is 0.326 e. The summed E-state index contributed by atoms with van der Waals surface area (Å²) in [5.41, 5.74) is 2.26. The van der Waals surface area contributed by atoms with Gasteiger partial charge in [0, 0.05) is 17.8 Å². The van der Waals surface area contributed by atoms with Crippen molar-refractivity contribution in [2.45, 2.75) is 19.4 Å². The van der Waals surface area contributed by atoms with E-state index in [0.29, 0.717) is 34.3 Å². The number of amides is 3. The molecule has 0 spiro atoms. The van der Waals surface area contributed by atoms with E-state index in [-0.39, 0.29) is 0 Å². The molecule has 0 aliphatic heterocycles. The number of carbonyl (C=O) groups is 2. The standard InChI is InChI=1S/C27H22N6O3/c34-25(20-8-7-18-3-1-2-4-19(18)13-20)32-27(35)31-21-9-11-22(12-10-21)36-26-23-24(28-15-29-26)33(16-30-23)14-17-5-6-17/h1-4,7-13,15-17H,5-6,14H2,(H2,31,32,34,35). The van der Waals surface area contributed by atoms with E-state index >= 15 is 0 Å². The highest BCUT2D eigenvalue weighted by Gasteiger charge is 2.23. The second-order valence-electron chi connectivity index (χ2n) is 8.79. The molecule has 6 rings (SSSR count). The summed E-state index contributed by atoms with van der Waals surface area (Å²) in [6.45, 7) is 0.902. The number of aromatic nitrogens is 4. The first-order chi connectivity index (χ1) is 17.6. The molecule has 1 aliphatic rings. The van der Waals surface area contributed by atoms with Crippen LogP contribution in [-0.2, 0) is 6.54 Å². The third-order valence-electron chi connectivity index (χ3n) is 6.08. The minimum Gasteiger partial charge on any atom is -0.437 e. The van der Waals surface area contributed by atoms with Gasteiger partial charge in [-0.25, -0.2) is 14.8 Å². The zero-order chi connectivity index (χ0) is 24.5. The Morgan fingerprint density at radius 2 is 1.75 bits per heavy atom. The van der Waals surface area contributed by atoms with Crippen molar-refractivity contribution < 1.29 is 14.3 Å². The number of fused-ring (bicyclic) bond motifs is 2. The van der Waals surface area contributed by atoms with Crippen molar-refractivity contribution in [3.8, 4) is 11.6 Å². The van der Waals surface area contributed by atoms with Gasteiger partial charge in [0.15, 0.2) is 11.2 Å². The topological polar surface area (TPSA) is 111 Å².